The largest absolute Gasteiger partial charge is 0.476 e. The summed E-state index contributed by atoms with van der Waals surface area (Å²) in [7, 11) is 1.33. The lowest BCUT2D eigenvalue weighted by Crippen LogP contribution is -2.45. The minimum atomic E-state index is -0.903. The number of esters is 1. The average molecular weight is 634 g/mol. The third-order valence-corrected chi connectivity index (χ3v) is 7.46. The maximum absolute atomic E-state index is 13.4. The van der Waals surface area contributed by atoms with Crippen LogP contribution in [-0.2, 0) is 20.7 Å². The third-order valence-electron chi connectivity index (χ3n) is 7.05. The van der Waals surface area contributed by atoms with Gasteiger partial charge in [-0.05, 0) is 67.3 Å². The van der Waals surface area contributed by atoms with Gasteiger partial charge < -0.3 is 30.3 Å². The minimum Gasteiger partial charge on any atom is -0.476 e. The standard InChI is InChI=1S/C32H33ClFN7O4/c1-20-9-14-23(18-24(20)33)37-29(43)27-19-41(25-7-3-4-8-26(25)45-27)32-39-30(38-31(40-32)36-17-15-28(42)44-2)35-16-5-6-21-10-12-22(34)13-11-21/h3-4,7-14,18,27H,5-6,15-17,19H2,1-2H3,(H,37,43)(H2,35,36,38,39,40). The monoisotopic (exact) mass is 633 g/mol. The zero-order valence-corrected chi connectivity index (χ0v) is 25.6. The summed E-state index contributed by atoms with van der Waals surface area (Å²) in [6.07, 6.45) is 0.682. The molecule has 0 spiro atoms. The zero-order valence-electron chi connectivity index (χ0n) is 24.8. The number of carbonyl (C=O) groups excluding carboxylic acids is 2. The van der Waals surface area contributed by atoms with Crippen molar-refractivity contribution in [2.24, 2.45) is 0 Å². The van der Waals surface area contributed by atoms with Crippen molar-refractivity contribution in [3.05, 3.63) is 88.7 Å². The number of aromatic nitrogens is 3. The van der Waals surface area contributed by atoms with Gasteiger partial charge in [-0.2, -0.15) is 15.0 Å². The van der Waals surface area contributed by atoms with E-state index >= 15 is 0 Å². The smallest absolute Gasteiger partial charge is 0.307 e. The Morgan fingerprint density at radius 2 is 1.76 bits per heavy atom. The number of rotatable bonds is 12. The molecule has 5 rings (SSSR count). The van der Waals surface area contributed by atoms with Gasteiger partial charge in [0.25, 0.3) is 5.91 Å². The second-order valence-corrected chi connectivity index (χ2v) is 10.7. The first kappa shape index (κ1) is 31.5. The Hall–Kier alpha value is -4.97. The number of fused-ring (bicyclic) bond motifs is 1. The molecule has 3 aromatic carbocycles. The maximum Gasteiger partial charge on any atom is 0.307 e. The van der Waals surface area contributed by atoms with E-state index in [1.54, 1.807) is 35.2 Å². The third kappa shape index (κ3) is 8.36. The van der Waals surface area contributed by atoms with Crippen molar-refractivity contribution < 1.29 is 23.5 Å². The molecule has 1 aliphatic rings. The van der Waals surface area contributed by atoms with Crippen LogP contribution >= 0.6 is 11.6 Å². The molecular weight excluding hydrogens is 601 g/mol. The fourth-order valence-corrected chi connectivity index (χ4v) is 4.80. The first-order valence-corrected chi connectivity index (χ1v) is 14.8. The number of nitrogens with one attached hydrogen (secondary N) is 3. The van der Waals surface area contributed by atoms with E-state index in [0.717, 1.165) is 24.0 Å². The summed E-state index contributed by atoms with van der Waals surface area (Å²) >= 11 is 6.26. The molecule has 3 N–H and O–H groups in total. The van der Waals surface area contributed by atoms with Crippen LogP contribution in [0.1, 0.15) is 24.0 Å². The van der Waals surface area contributed by atoms with Crippen LogP contribution in [0.15, 0.2) is 66.7 Å². The van der Waals surface area contributed by atoms with E-state index < -0.39 is 6.10 Å². The molecule has 0 fully saturated rings. The molecule has 1 aliphatic heterocycles. The van der Waals surface area contributed by atoms with Gasteiger partial charge in [-0.25, -0.2) is 4.39 Å². The number of carbonyl (C=O) groups is 2. The number of halogens is 2. The number of aryl methyl sites for hydroxylation is 2. The molecule has 1 aromatic heterocycles. The lowest BCUT2D eigenvalue weighted by Gasteiger charge is -2.34. The maximum atomic E-state index is 13.4. The van der Waals surface area contributed by atoms with Crippen LogP contribution in [0.4, 0.5) is 33.6 Å². The second kappa shape index (κ2) is 14.7. The average Bonchev–Trinajstić information content (AvgIpc) is 3.05. The van der Waals surface area contributed by atoms with Crippen molar-refractivity contribution in [2.75, 3.05) is 47.6 Å². The Morgan fingerprint density at radius 1 is 1.02 bits per heavy atom. The highest BCUT2D eigenvalue weighted by Gasteiger charge is 2.33. The van der Waals surface area contributed by atoms with Gasteiger partial charge in [0.15, 0.2) is 6.10 Å². The summed E-state index contributed by atoms with van der Waals surface area (Å²) in [5.41, 5.74) is 3.14. The molecule has 0 bridgehead atoms. The van der Waals surface area contributed by atoms with Gasteiger partial charge in [0, 0.05) is 23.8 Å². The summed E-state index contributed by atoms with van der Waals surface area (Å²) in [6.45, 7) is 2.77. The van der Waals surface area contributed by atoms with E-state index in [-0.39, 0.29) is 49.1 Å². The number of methoxy groups -OCH3 is 1. The molecular formula is C32H33ClFN7O4. The Labute approximate surface area is 265 Å². The van der Waals surface area contributed by atoms with Gasteiger partial charge in [-0.15, -0.1) is 0 Å². The highest BCUT2D eigenvalue weighted by atomic mass is 35.5. The quantitative estimate of drug-likeness (QED) is 0.135. The number of amides is 1. The van der Waals surface area contributed by atoms with Gasteiger partial charge in [-0.1, -0.05) is 41.9 Å². The summed E-state index contributed by atoms with van der Waals surface area (Å²) < 4.78 is 24.1. The first-order valence-electron chi connectivity index (χ1n) is 14.4. The highest BCUT2D eigenvalue weighted by Crippen LogP contribution is 2.37. The predicted octanol–water partition coefficient (Wildman–Crippen LogP) is 5.53. The van der Waals surface area contributed by atoms with Crippen molar-refractivity contribution >= 4 is 52.7 Å². The lowest BCUT2D eigenvalue weighted by atomic mass is 10.1. The van der Waals surface area contributed by atoms with Crippen LogP contribution in [0.25, 0.3) is 0 Å². The summed E-state index contributed by atoms with van der Waals surface area (Å²) in [5, 5.41) is 9.73. The van der Waals surface area contributed by atoms with E-state index in [4.69, 9.17) is 21.1 Å². The van der Waals surface area contributed by atoms with Crippen LogP contribution in [0.2, 0.25) is 5.02 Å². The molecule has 13 heteroatoms. The fraction of sp³-hybridized carbons (Fsp3) is 0.281. The van der Waals surface area contributed by atoms with Crippen LogP contribution in [-0.4, -0.2) is 59.7 Å². The van der Waals surface area contributed by atoms with Gasteiger partial charge in [-0.3, -0.25) is 9.59 Å². The summed E-state index contributed by atoms with van der Waals surface area (Å²) in [5.74, 6) is 0.300. The first-order chi connectivity index (χ1) is 21.8. The summed E-state index contributed by atoms with van der Waals surface area (Å²) in [4.78, 5) is 40.6. The number of para-hydroxylation sites is 2. The summed E-state index contributed by atoms with van der Waals surface area (Å²) in [6, 6.07) is 19.0. The molecule has 4 aromatic rings. The number of benzene rings is 3. The van der Waals surface area contributed by atoms with Crippen LogP contribution in [0, 0.1) is 12.7 Å². The van der Waals surface area contributed by atoms with Gasteiger partial charge >= 0.3 is 5.97 Å². The van der Waals surface area contributed by atoms with E-state index in [1.807, 2.05) is 31.2 Å². The zero-order chi connectivity index (χ0) is 31.8. The van der Waals surface area contributed by atoms with Gasteiger partial charge in [0.1, 0.15) is 11.6 Å². The molecule has 0 saturated heterocycles. The van der Waals surface area contributed by atoms with E-state index in [1.165, 1.54) is 19.2 Å². The topological polar surface area (TPSA) is 131 Å². The van der Waals surface area contributed by atoms with Crippen LogP contribution < -0.4 is 25.6 Å². The second-order valence-electron chi connectivity index (χ2n) is 10.3. The SMILES string of the molecule is COC(=O)CCNc1nc(NCCCc2ccc(F)cc2)nc(N2CC(C(=O)Nc3ccc(C)c(Cl)c3)Oc3ccccc32)n1. The van der Waals surface area contributed by atoms with Crippen molar-refractivity contribution in [3.8, 4) is 5.75 Å². The van der Waals surface area contributed by atoms with Gasteiger partial charge in [0.2, 0.25) is 17.8 Å². The lowest BCUT2D eigenvalue weighted by molar-refractivity contribution is -0.140. The number of ether oxygens (including phenoxy) is 2. The molecule has 1 atom stereocenters. The number of anilines is 5. The molecule has 11 nitrogen and oxygen atoms in total. The highest BCUT2D eigenvalue weighted by molar-refractivity contribution is 6.31. The normalized spacial score (nSPS) is 13.8. The predicted molar refractivity (Wildman–Crippen MR) is 171 cm³/mol. The van der Waals surface area contributed by atoms with E-state index in [2.05, 4.69) is 30.9 Å². The fourth-order valence-electron chi connectivity index (χ4n) is 4.62. The molecule has 0 radical (unpaired) electrons. The Kier molecular flexibility index (Phi) is 10.3. The molecule has 1 amide bonds. The van der Waals surface area contributed by atoms with E-state index in [0.29, 0.717) is 34.6 Å². The van der Waals surface area contributed by atoms with Crippen LogP contribution in [0.3, 0.4) is 0 Å². The Bertz CT molecular complexity index is 1660. The molecule has 45 heavy (non-hydrogen) atoms. The molecule has 2 heterocycles. The number of nitrogens with zero attached hydrogens (tertiary/aromatic N) is 4. The molecule has 1 unspecified atom stereocenters. The Morgan fingerprint density at radius 3 is 2.49 bits per heavy atom. The van der Waals surface area contributed by atoms with Gasteiger partial charge in [0.05, 0.1) is 25.8 Å². The number of hydrogen-bond donors (Lipinski definition) is 3. The minimum absolute atomic E-state index is 0.109. The van der Waals surface area contributed by atoms with Crippen molar-refractivity contribution in [3.63, 3.8) is 0 Å². The van der Waals surface area contributed by atoms with Crippen LogP contribution in [0.5, 0.6) is 5.75 Å². The number of hydrogen-bond acceptors (Lipinski definition) is 10. The Balaban J connectivity index is 1.37. The van der Waals surface area contributed by atoms with Crippen molar-refractivity contribution in [1.82, 2.24) is 15.0 Å². The van der Waals surface area contributed by atoms with Crippen molar-refractivity contribution in [1.29, 1.82) is 0 Å². The molecule has 0 saturated carbocycles. The van der Waals surface area contributed by atoms with Crippen molar-refractivity contribution in [2.45, 2.75) is 32.3 Å². The molecule has 234 valence electrons. The van der Waals surface area contributed by atoms with E-state index in [9.17, 15) is 14.0 Å². The molecule has 0 aliphatic carbocycles.